The topological polar surface area (TPSA) is 87.7 Å². The zero-order valence-corrected chi connectivity index (χ0v) is 25.4. The summed E-state index contributed by atoms with van der Waals surface area (Å²) in [6, 6.07) is 25.7. The number of carbonyl (C=O) groups is 1. The van der Waals surface area contributed by atoms with Gasteiger partial charge in [0.25, 0.3) is 0 Å². The molecule has 43 heavy (non-hydrogen) atoms. The number of ether oxygens (including phenoxy) is 1. The molecule has 0 aromatic heterocycles. The number of nitrogens with one attached hydrogen (secondary N) is 2. The normalized spacial score (nSPS) is 18.0. The molecule has 0 saturated carbocycles. The van der Waals surface area contributed by atoms with Crippen LogP contribution >= 0.6 is 0 Å². The SMILES string of the molecule is Cc1ccc(C(CC(=O)NC2CCOc3cc(CN4CCCCC4)ccc32)NS(=O)(=O)c2ccc3ccccc3c2)cc1. The quantitative estimate of drug-likeness (QED) is 0.241. The van der Waals surface area contributed by atoms with Gasteiger partial charge in [0.1, 0.15) is 5.75 Å². The monoisotopic (exact) mass is 597 g/mol. The van der Waals surface area contributed by atoms with Gasteiger partial charge in [-0.2, -0.15) is 0 Å². The second-order valence-corrected chi connectivity index (χ2v) is 13.5. The van der Waals surface area contributed by atoms with E-state index in [1.165, 1.54) is 24.8 Å². The number of likely N-dealkylation sites (tertiary alicyclic amines) is 1. The fraction of sp³-hybridized carbons (Fsp3) is 0.343. The van der Waals surface area contributed by atoms with Crippen LogP contribution in [0.1, 0.15) is 66.4 Å². The Balaban J connectivity index is 1.18. The van der Waals surface area contributed by atoms with Crippen LogP contribution in [0.4, 0.5) is 0 Å². The van der Waals surface area contributed by atoms with Crippen LogP contribution in [0.2, 0.25) is 0 Å². The molecule has 0 spiro atoms. The lowest BCUT2D eigenvalue weighted by Crippen LogP contribution is -2.36. The first-order chi connectivity index (χ1) is 20.8. The summed E-state index contributed by atoms with van der Waals surface area (Å²) in [6.45, 7) is 5.66. The Morgan fingerprint density at radius 1 is 0.930 bits per heavy atom. The van der Waals surface area contributed by atoms with Crippen molar-refractivity contribution in [2.45, 2.75) is 62.6 Å². The fourth-order valence-electron chi connectivity index (χ4n) is 6.11. The van der Waals surface area contributed by atoms with Crippen LogP contribution in [0.25, 0.3) is 10.8 Å². The minimum absolute atomic E-state index is 0.0321. The summed E-state index contributed by atoms with van der Waals surface area (Å²) in [7, 11) is -3.91. The highest BCUT2D eigenvalue weighted by Gasteiger charge is 2.28. The molecule has 7 nitrogen and oxygen atoms in total. The van der Waals surface area contributed by atoms with Gasteiger partial charge in [-0.1, -0.05) is 78.7 Å². The molecule has 0 bridgehead atoms. The van der Waals surface area contributed by atoms with Crippen molar-refractivity contribution >= 4 is 26.7 Å². The van der Waals surface area contributed by atoms with E-state index in [9.17, 15) is 13.2 Å². The molecule has 1 amide bonds. The molecule has 4 aromatic carbocycles. The average Bonchev–Trinajstić information content (AvgIpc) is 3.01. The van der Waals surface area contributed by atoms with Crippen LogP contribution in [0.5, 0.6) is 5.75 Å². The highest BCUT2D eigenvalue weighted by Crippen LogP contribution is 2.34. The molecule has 2 aliphatic rings. The summed E-state index contributed by atoms with van der Waals surface area (Å²) in [5.41, 5.74) is 3.98. The molecular weight excluding hydrogens is 558 g/mol. The maximum absolute atomic E-state index is 13.6. The molecule has 6 rings (SSSR count). The molecule has 4 aromatic rings. The molecule has 224 valence electrons. The fourth-order valence-corrected chi connectivity index (χ4v) is 7.37. The summed E-state index contributed by atoms with van der Waals surface area (Å²) < 4.78 is 36.0. The van der Waals surface area contributed by atoms with Crippen molar-refractivity contribution in [1.82, 2.24) is 14.9 Å². The molecule has 2 N–H and O–H groups in total. The van der Waals surface area contributed by atoms with E-state index in [4.69, 9.17) is 4.74 Å². The van der Waals surface area contributed by atoms with Gasteiger partial charge in [-0.25, -0.2) is 13.1 Å². The Kier molecular flexibility index (Phi) is 8.79. The van der Waals surface area contributed by atoms with Gasteiger partial charge in [0, 0.05) is 24.9 Å². The predicted molar refractivity (Wildman–Crippen MR) is 169 cm³/mol. The minimum Gasteiger partial charge on any atom is -0.493 e. The number of carbonyl (C=O) groups excluding carboxylic acids is 1. The number of benzene rings is 4. The summed E-state index contributed by atoms with van der Waals surface area (Å²) in [5.74, 6) is 0.597. The number of sulfonamides is 1. The Bertz CT molecular complexity index is 1700. The third-order valence-electron chi connectivity index (χ3n) is 8.51. The third kappa shape index (κ3) is 7.09. The Morgan fingerprint density at radius 3 is 2.49 bits per heavy atom. The lowest BCUT2D eigenvalue weighted by Gasteiger charge is -2.29. The minimum atomic E-state index is -3.91. The smallest absolute Gasteiger partial charge is 0.241 e. The highest BCUT2D eigenvalue weighted by molar-refractivity contribution is 7.89. The van der Waals surface area contributed by atoms with Crippen LogP contribution in [0.15, 0.2) is 89.8 Å². The Morgan fingerprint density at radius 2 is 1.70 bits per heavy atom. The number of aryl methyl sites for hydroxylation is 1. The Hall–Kier alpha value is -3.72. The number of amides is 1. The van der Waals surface area contributed by atoms with Gasteiger partial charge in [-0.05, 0) is 73.0 Å². The van der Waals surface area contributed by atoms with E-state index in [0.29, 0.717) is 13.0 Å². The van der Waals surface area contributed by atoms with Gasteiger partial charge in [-0.3, -0.25) is 9.69 Å². The van der Waals surface area contributed by atoms with Crippen LogP contribution < -0.4 is 14.8 Å². The van der Waals surface area contributed by atoms with Gasteiger partial charge >= 0.3 is 0 Å². The summed E-state index contributed by atoms with van der Waals surface area (Å²) >= 11 is 0. The molecule has 1 saturated heterocycles. The van der Waals surface area contributed by atoms with Crippen molar-refractivity contribution in [2.24, 2.45) is 0 Å². The van der Waals surface area contributed by atoms with Crippen molar-refractivity contribution in [2.75, 3.05) is 19.7 Å². The van der Waals surface area contributed by atoms with Gasteiger partial charge < -0.3 is 10.1 Å². The number of hydrogen-bond acceptors (Lipinski definition) is 5. The van der Waals surface area contributed by atoms with E-state index >= 15 is 0 Å². The van der Waals surface area contributed by atoms with E-state index in [2.05, 4.69) is 33.1 Å². The lowest BCUT2D eigenvalue weighted by molar-refractivity contribution is -0.122. The standard InChI is InChI=1S/C35H39N3O4S/c1-25-9-12-28(13-10-25)33(37-43(40,41)30-15-14-27-7-3-4-8-29(27)22-30)23-35(39)36-32-17-20-42-34-21-26(11-16-31(32)34)24-38-18-5-2-6-19-38/h3-4,7-16,21-22,32-33,37H,2,5-6,17-20,23-24H2,1H3,(H,36,39). The first-order valence-electron chi connectivity index (χ1n) is 15.2. The molecule has 8 heteroatoms. The largest absolute Gasteiger partial charge is 0.493 e. The summed E-state index contributed by atoms with van der Waals surface area (Å²) in [4.78, 5) is 16.2. The average molecular weight is 598 g/mol. The molecule has 2 aliphatic heterocycles. The third-order valence-corrected chi connectivity index (χ3v) is 9.97. The summed E-state index contributed by atoms with van der Waals surface area (Å²) in [5, 5.41) is 4.98. The van der Waals surface area contributed by atoms with Gasteiger partial charge in [0.15, 0.2) is 0 Å². The van der Waals surface area contributed by atoms with Crippen molar-refractivity contribution < 1.29 is 17.9 Å². The molecule has 2 unspecified atom stereocenters. The van der Waals surface area contributed by atoms with Crippen LogP contribution in [0, 0.1) is 6.92 Å². The number of rotatable bonds is 9. The lowest BCUT2D eigenvalue weighted by atomic mass is 9.97. The van der Waals surface area contributed by atoms with Gasteiger partial charge in [-0.15, -0.1) is 0 Å². The first-order valence-corrected chi connectivity index (χ1v) is 16.7. The Labute approximate surface area is 254 Å². The van der Waals surface area contributed by atoms with Crippen LogP contribution in [-0.2, 0) is 21.4 Å². The van der Waals surface area contributed by atoms with E-state index in [1.54, 1.807) is 18.2 Å². The zero-order chi connectivity index (χ0) is 29.8. The zero-order valence-electron chi connectivity index (χ0n) is 24.6. The van der Waals surface area contributed by atoms with E-state index in [-0.39, 0.29) is 23.3 Å². The van der Waals surface area contributed by atoms with Crippen molar-refractivity contribution in [3.8, 4) is 5.75 Å². The van der Waals surface area contributed by atoms with Crippen molar-refractivity contribution in [1.29, 1.82) is 0 Å². The molecular formula is C35H39N3O4S. The highest BCUT2D eigenvalue weighted by atomic mass is 32.2. The number of hydrogen-bond donors (Lipinski definition) is 2. The maximum atomic E-state index is 13.6. The number of piperidine rings is 1. The summed E-state index contributed by atoms with van der Waals surface area (Å²) in [6.07, 6.45) is 4.42. The maximum Gasteiger partial charge on any atom is 0.241 e. The van der Waals surface area contributed by atoms with Gasteiger partial charge in [0.2, 0.25) is 15.9 Å². The van der Waals surface area contributed by atoms with Crippen molar-refractivity contribution in [3.05, 3.63) is 107 Å². The van der Waals surface area contributed by atoms with Gasteiger partial charge in [0.05, 0.1) is 23.6 Å². The van der Waals surface area contributed by atoms with E-state index < -0.39 is 16.1 Å². The molecule has 2 heterocycles. The number of fused-ring (bicyclic) bond motifs is 2. The van der Waals surface area contributed by atoms with Crippen LogP contribution in [-0.4, -0.2) is 38.9 Å². The van der Waals surface area contributed by atoms with E-state index in [0.717, 1.165) is 52.8 Å². The second-order valence-electron chi connectivity index (χ2n) is 11.8. The first kappa shape index (κ1) is 29.4. The van der Waals surface area contributed by atoms with Crippen molar-refractivity contribution in [3.63, 3.8) is 0 Å². The molecule has 0 aliphatic carbocycles. The van der Waals surface area contributed by atoms with Crippen LogP contribution in [0.3, 0.4) is 0 Å². The van der Waals surface area contributed by atoms with E-state index in [1.807, 2.05) is 55.5 Å². The molecule has 0 radical (unpaired) electrons. The number of nitrogens with zero attached hydrogens (tertiary/aromatic N) is 1. The molecule has 2 atom stereocenters. The second kappa shape index (κ2) is 12.9. The molecule has 1 fully saturated rings. The predicted octanol–water partition coefficient (Wildman–Crippen LogP) is 6.18.